The van der Waals surface area contributed by atoms with Crippen molar-refractivity contribution in [2.45, 2.75) is 33.7 Å². The molecule has 8 heteroatoms. The lowest BCUT2D eigenvalue weighted by atomic mass is 10.1. The molecule has 4 aromatic rings. The van der Waals surface area contributed by atoms with E-state index >= 15 is 0 Å². The fourth-order valence-electron chi connectivity index (χ4n) is 3.96. The van der Waals surface area contributed by atoms with Gasteiger partial charge >= 0.3 is 0 Å². The molecule has 0 spiro atoms. The van der Waals surface area contributed by atoms with Gasteiger partial charge in [0.1, 0.15) is 11.7 Å². The highest BCUT2D eigenvalue weighted by Crippen LogP contribution is 2.29. The smallest absolute Gasteiger partial charge is 0.278 e. The van der Waals surface area contributed by atoms with Crippen molar-refractivity contribution in [1.29, 1.82) is 0 Å². The second-order valence-corrected chi connectivity index (χ2v) is 8.84. The maximum atomic E-state index is 13.8. The van der Waals surface area contributed by atoms with Crippen LogP contribution in [0.5, 0.6) is 0 Å². The third kappa shape index (κ3) is 4.81. The number of rotatable bonds is 5. The number of nitrogens with one attached hydrogen (secondary N) is 2. The Morgan fingerprint density at radius 2 is 1.71 bits per heavy atom. The van der Waals surface area contributed by atoms with Gasteiger partial charge in [0, 0.05) is 23.2 Å². The Bertz CT molecular complexity index is 1530. The molecule has 178 valence electrons. The Kier molecular flexibility index (Phi) is 6.71. The molecule has 1 heterocycles. The number of carbonyl (C=O) groups is 2. The zero-order valence-electron chi connectivity index (χ0n) is 19.8. The highest BCUT2D eigenvalue weighted by molar-refractivity contribution is 6.31. The monoisotopic (exact) mass is 488 g/mol. The number of hydrogen-bond acceptors (Lipinski definition) is 4. The number of aryl methyl sites for hydroxylation is 1. The molecular weight excluding hydrogens is 464 g/mol. The summed E-state index contributed by atoms with van der Waals surface area (Å²) in [7, 11) is 0. The lowest BCUT2D eigenvalue weighted by Crippen LogP contribution is -2.33. The lowest BCUT2D eigenvalue weighted by Gasteiger charge is -2.20. The molecule has 1 atom stereocenters. The molecule has 0 bridgehead atoms. The summed E-state index contributed by atoms with van der Waals surface area (Å²) in [6.45, 7) is 6.78. The Morgan fingerprint density at radius 3 is 2.46 bits per heavy atom. The number of anilines is 2. The number of halogens is 1. The van der Waals surface area contributed by atoms with E-state index < -0.39 is 11.6 Å². The largest absolute Gasteiger partial charge is 0.326 e. The third-order valence-corrected chi connectivity index (χ3v) is 6.24. The fraction of sp³-hybridized carbons (Fsp3) is 0.185. The number of fused-ring (bicyclic) bond motifs is 1. The summed E-state index contributed by atoms with van der Waals surface area (Å²) in [5, 5.41) is 6.19. The molecule has 7 nitrogen and oxygen atoms in total. The van der Waals surface area contributed by atoms with Gasteiger partial charge in [-0.2, -0.15) is 0 Å². The van der Waals surface area contributed by atoms with Gasteiger partial charge in [0.2, 0.25) is 11.8 Å². The van der Waals surface area contributed by atoms with Gasteiger partial charge in [0.15, 0.2) is 0 Å². The van der Waals surface area contributed by atoms with Crippen LogP contribution in [0.3, 0.4) is 0 Å². The molecule has 2 N–H and O–H groups in total. The van der Waals surface area contributed by atoms with Gasteiger partial charge in [-0.05, 0) is 62.7 Å². The molecule has 3 aromatic carbocycles. The highest BCUT2D eigenvalue weighted by Gasteiger charge is 2.23. The number of benzene rings is 3. The van der Waals surface area contributed by atoms with Crippen molar-refractivity contribution in [3.63, 3.8) is 0 Å². The summed E-state index contributed by atoms with van der Waals surface area (Å²) in [5.74, 6) is -0.632. The second-order valence-electron chi connectivity index (χ2n) is 8.43. The van der Waals surface area contributed by atoms with Crippen LogP contribution in [-0.4, -0.2) is 21.4 Å². The number of carbonyl (C=O) groups excluding carboxylic acids is 2. The average molecular weight is 489 g/mol. The Hall–Kier alpha value is -3.97. The van der Waals surface area contributed by atoms with Gasteiger partial charge in [-0.25, -0.2) is 4.98 Å². The molecule has 1 aromatic heterocycles. The predicted octanol–water partition coefficient (Wildman–Crippen LogP) is 5.49. The van der Waals surface area contributed by atoms with Crippen molar-refractivity contribution >= 4 is 45.8 Å². The van der Waals surface area contributed by atoms with E-state index in [1.165, 1.54) is 11.5 Å². The number of nitrogens with zero attached hydrogens (tertiary/aromatic N) is 2. The van der Waals surface area contributed by atoms with Crippen LogP contribution in [-0.2, 0) is 9.59 Å². The maximum absolute atomic E-state index is 13.8. The summed E-state index contributed by atoms with van der Waals surface area (Å²) in [5.41, 5.74) is 3.97. The minimum atomic E-state index is -0.860. The Morgan fingerprint density at radius 1 is 0.971 bits per heavy atom. The van der Waals surface area contributed by atoms with E-state index in [0.717, 1.165) is 11.1 Å². The molecule has 0 saturated heterocycles. The van der Waals surface area contributed by atoms with E-state index in [4.69, 9.17) is 11.6 Å². The van der Waals surface area contributed by atoms with E-state index in [0.29, 0.717) is 33.0 Å². The summed E-state index contributed by atoms with van der Waals surface area (Å²) >= 11 is 6.20. The first-order valence-corrected chi connectivity index (χ1v) is 11.5. The standard InChI is InChI=1S/C27H25ClN4O3/c1-15-12-13-22(29-18(4)33)19(14-15)25-27(35)32(24-11-6-5-9-23(24)30-25)17(3)26(34)31-21-10-7-8-20(28)16(21)2/h5-14,17H,1-4H3,(H,29,33)(H,31,34)/t17-/m0/s1. The normalized spacial score (nSPS) is 11.8. The van der Waals surface area contributed by atoms with E-state index in [2.05, 4.69) is 15.6 Å². The van der Waals surface area contributed by atoms with Crippen LogP contribution in [0.25, 0.3) is 22.3 Å². The molecule has 0 aliphatic heterocycles. The SMILES string of the molecule is CC(=O)Nc1ccc(C)cc1-c1nc2ccccc2n([C@@H](C)C(=O)Nc2cccc(Cl)c2C)c1=O. The van der Waals surface area contributed by atoms with Crippen molar-refractivity contribution in [1.82, 2.24) is 9.55 Å². The first kappa shape index (κ1) is 24.2. The van der Waals surface area contributed by atoms with Crippen LogP contribution in [0.15, 0.2) is 65.5 Å². The minimum absolute atomic E-state index is 0.148. The first-order chi connectivity index (χ1) is 16.7. The van der Waals surface area contributed by atoms with Gasteiger partial charge < -0.3 is 10.6 Å². The van der Waals surface area contributed by atoms with E-state index in [1.54, 1.807) is 55.5 Å². The van der Waals surface area contributed by atoms with Crippen molar-refractivity contribution in [3.8, 4) is 11.3 Å². The van der Waals surface area contributed by atoms with Crippen molar-refractivity contribution in [2.24, 2.45) is 0 Å². The Balaban J connectivity index is 1.88. The van der Waals surface area contributed by atoms with Crippen LogP contribution < -0.4 is 16.2 Å². The summed E-state index contributed by atoms with van der Waals surface area (Å²) in [4.78, 5) is 43.6. The van der Waals surface area contributed by atoms with E-state index in [-0.39, 0.29) is 17.5 Å². The lowest BCUT2D eigenvalue weighted by molar-refractivity contribution is -0.118. The molecule has 0 aliphatic rings. The number of aromatic nitrogens is 2. The first-order valence-electron chi connectivity index (χ1n) is 11.1. The van der Waals surface area contributed by atoms with Crippen LogP contribution >= 0.6 is 11.6 Å². The molecule has 0 fully saturated rings. The average Bonchev–Trinajstić information content (AvgIpc) is 2.82. The minimum Gasteiger partial charge on any atom is -0.326 e. The van der Waals surface area contributed by atoms with E-state index in [1.807, 2.05) is 26.0 Å². The van der Waals surface area contributed by atoms with E-state index in [9.17, 15) is 14.4 Å². The zero-order chi connectivity index (χ0) is 25.3. The van der Waals surface area contributed by atoms with Crippen molar-refractivity contribution in [3.05, 3.63) is 87.2 Å². The molecular formula is C27H25ClN4O3. The van der Waals surface area contributed by atoms with Gasteiger partial charge in [-0.15, -0.1) is 0 Å². The molecule has 0 saturated carbocycles. The van der Waals surface area contributed by atoms with Crippen LogP contribution in [0.1, 0.15) is 31.0 Å². The molecule has 4 rings (SSSR count). The second kappa shape index (κ2) is 9.72. The van der Waals surface area contributed by atoms with Crippen molar-refractivity contribution in [2.75, 3.05) is 10.6 Å². The summed E-state index contributed by atoms with van der Waals surface area (Å²) in [6.07, 6.45) is 0. The fourth-order valence-corrected chi connectivity index (χ4v) is 4.14. The van der Waals surface area contributed by atoms with Crippen molar-refractivity contribution < 1.29 is 9.59 Å². The number of para-hydroxylation sites is 2. The zero-order valence-corrected chi connectivity index (χ0v) is 20.6. The van der Waals surface area contributed by atoms with Gasteiger partial charge in [-0.3, -0.25) is 19.0 Å². The van der Waals surface area contributed by atoms with Gasteiger partial charge in [-0.1, -0.05) is 41.4 Å². The molecule has 0 unspecified atom stereocenters. The maximum Gasteiger partial charge on any atom is 0.278 e. The highest BCUT2D eigenvalue weighted by atomic mass is 35.5. The quantitative estimate of drug-likeness (QED) is 0.388. The summed E-state index contributed by atoms with van der Waals surface area (Å²) in [6, 6.07) is 16.9. The summed E-state index contributed by atoms with van der Waals surface area (Å²) < 4.78 is 1.44. The molecule has 2 amide bonds. The molecule has 0 aliphatic carbocycles. The van der Waals surface area contributed by atoms with Crippen LogP contribution in [0, 0.1) is 13.8 Å². The molecule has 0 radical (unpaired) electrons. The van der Waals surface area contributed by atoms with Gasteiger partial charge in [0.05, 0.1) is 16.7 Å². The molecule has 35 heavy (non-hydrogen) atoms. The number of amides is 2. The van der Waals surface area contributed by atoms with Gasteiger partial charge in [0.25, 0.3) is 5.56 Å². The predicted molar refractivity (Wildman–Crippen MR) is 140 cm³/mol. The number of hydrogen-bond donors (Lipinski definition) is 2. The Labute approximate surface area is 207 Å². The topological polar surface area (TPSA) is 93.1 Å². The van der Waals surface area contributed by atoms with Crippen LogP contribution in [0.2, 0.25) is 5.02 Å². The van der Waals surface area contributed by atoms with Crippen LogP contribution in [0.4, 0.5) is 11.4 Å². The third-order valence-electron chi connectivity index (χ3n) is 5.83.